The van der Waals surface area contributed by atoms with E-state index in [0.29, 0.717) is 5.56 Å². The van der Waals surface area contributed by atoms with Crippen molar-refractivity contribution in [2.24, 2.45) is 5.92 Å². The second-order valence-electron chi connectivity index (χ2n) is 7.36. The Morgan fingerprint density at radius 2 is 1.31 bits per heavy atom. The molecular weight excluding hydrogens is 356 g/mol. The molecule has 4 heteroatoms. The lowest BCUT2D eigenvalue weighted by Crippen LogP contribution is -2.10. The lowest BCUT2D eigenvalue weighted by molar-refractivity contribution is 0.590. The molecule has 1 aromatic carbocycles. The van der Waals surface area contributed by atoms with Crippen molar-refractivity contribution >= 4 is 0 Å². The minimum absolute atomic E-state index is 0.0113. The highest BCUT2D eigenvalue weighted by Gasteiger charge is 2.22. The number of hydrogen-bond donors (Lipinski definition) is 0. The van der Waals surface area contributed by atoms with Crippen LogP contribution in [0.4, 0.5) is 0 Å². The zero-order chi connectivity index (χ0) is 21.4. The van der Waals surface area contributed by atoms with Crippen molar-refractivity contribution < 1.29 is 0 Å². The third-order valence-electron chi connectivity index (χ3n) is 4.40. The Hall–Kier alpha value is -4.30. The summed E-state index contributed by atoms with van der Waals surface area (Å²) in [6.45, 7) is 6.35. The molecular formula is C25H18N4. The quantitative estimate of drug-likeness (QED) is 0.423. The molecule has 0 spiro atoms. The van der Waals surface area contributed by atoms with Gasteiger partial charge in [0.05, 0.1) is 5.57 Å². The fourth-order valence-corrected chi connectivity index (χ4v) is 2.82. The van der Waals surface area contributed by atoms with Gasteiger partial charge in [0.1, 0.15) is 35.4 Å². The number of nitriles is 4. The number of rotatable bonds is 2. The smallest absolute Gasteiger partial charge is 0.145 e. The molecule has 0 aromatic heterocycles. The summed E-state index contributed by atoms with van der Waals surface area (Å²) in [5.41, 5.74) is 1.87. The van der Waals surface area contributed by atoms with Crippen LogP contribution in [0, 0.1) is 63.1 Å². The van der Waals surface area contributed by atoms with Crippen LogP contribution >= 0.6 is 0 Å². The standard InChI is InChI=1S/C25H18N4/c1-25(2,3)22-11-8-18(9-12-22)10-13-23(20(14-26)15-27)24(21(16-28)17-29)19-6-4-5-7-19/h4-9,11-12,19H,1-3H3. The summed E-state index contributed by atoms with van der Waals surface area (Å²) in [7, 11) is 0. The molecule has 1 aliphatic rings. The monoisotopic (exact) mass is 374 g/mol. The van der Waals surface area contributed by atoms with E-state index in [1.165, 1.54) is 0 Å². The molecule has 0 atom stereocenters. The van der Waals surface area contributed by atoms with Gasteiger partial charge in [0.2, 0.25) is 0 Å². The van der Waals surface area contributed by atoms with E-state index >= 15 is 0 Å². The number of benzene rings is 1. The highest BCUT2D eigenvalue weighted by Crippen LogP contribution is 2.30. The number of nitrogens with zero attached hydrogens (tertiary/aromatic N) is 4. The van der Waals surface area contributed by atoms with Crippen molar-refractivity contribution in [3.05, 3.63) is 82.0 Å². The normalized spacial score (nSPS) is 11.8. The van der Waals surface area contributed by atoms with E-state index in [1.807, 2.05) is 48.5 Å². The highest BCUT2D eigenvalue weighted by atomic mass is 14.3. The average molecular weight is 374 g/mol. The van der Waals surface area contributed by atoms with Crippen LogP contribution in [0.25, 0.3) is 0 Å². The molecule has 29 heavy (non-hydrogen) atoms. The van der Waals surface area contributed by atoms with Crippen LogP contribution in [0.3, 0.4) is 0 Å². The minimum Gasteiger partial charge on any atom is -0.192 e. The fourth-order valence-electron chi connectivity index (χ4n) is 2.82. The van der Waals surface area contributed by atoms with Gasteiger partial charge in [-0.15, -0.1) is 0 Å². The van der Waals surface area contributed by atoms with E-state index in [4.69, 9.17) is 0 Å². The SMILES string of the molecule is CC(C)(C)c1ccc(C#CC(=C(C#N)C#N)C(=C(C#N)C#N)C2C=CC=C2)cc1. The van der Waals surface area contributed by atoms with Gasteiger partial charge < -0.3 is 0 Å². The summed E-state index contributed by atoms with van der Waals surface area (Å²) in [6.07, 6.45) is 7.14. The molecule has 0 amide bonds. The first kappa shape index (κ1) is 21.0. The molecule has 0 heterocycles. The van der Waals surface area contributed by atoms with Crippen molar-refractivity contribution in [2.45, 2.75) is 26.2 Å². The molecule has 0 aliphatic heterocycles. The lowest BCUT2D eigenvalue weighted by Gasteiger charge is -2.18. The number of allylic oxidation sites excluding steroid dienone is 8. The van der Waals surface area contributed by atoms with Crippen LogP contribution in [-0.2, 0) is 5.41 Å². The molecule has 0 fully saturated rings. The minimum atomic E-state index is -0.395. The van der Waals surface area contributed by atoms with Gasteiger partial charge in [0.15, 0.2) is 0 Å². The van der Waals surface area contributed by atoms with Crippen LogP contribution in [0.15, 0.2) is 70.9 Å². The molecule has 1 aromatic rings. The zero-order valence-electron chi connectivity index (χ0n) is 16.5. The summed E-state index contributed by atoms with van der Waals surface area (Å²) in [5, 5.41) is 37.7. The summed E-state index contributed by atoms with van der Waals surface area (Å²) >= 11 is 0. The summed E-state index contributed by atoms with van der Waals surface area (Å²) in [4.78, 5) is 0. The van der Waals surface area contributed by atoms with Crippen molar-refractivity contribution in [3.63, 3.8) is 0 Å². The van der Waals surface area contributed by atoms with Crippen molar-refractivity contribution in [2.75, 3.05) is 0 Å². The zero-order valence-corrected chi connectivity index (χ0v) is 16.5. The maximum Gasteiger partial charge on any atom is 0.145 e. The van der Waals surface area contributed by atoms with Gasteiger partial charge in [0.25, 0.3) is 0 Å². The van der Waals surface area contributed by atoms with E-state index in [1.54, 1.807) is 24.3 Å². The predicted octanol–water partition coefficient (Wildman–Crippen LogP) is 4.77. The average Bonchev–Trinajstić information content (AvgIpc) is 3.23. The molecule has 0 radical (unpaired) electrons. The molecule has 4 nitrogen and oxygen atoms in total. The van der Waals surface area contributed by atoms with Gasteiger partial charge >= 0.3 is 0 Å². The van der Waals surface area contributed by atoms with Crippen LogP contribution in [0.5, 0.6) is 0 Å². The fraction of sp³-hybridized carbons (Fsp3) is 0.200. The Morgan fingerprint density at radius 1 is 0.793 bits per heavy atom. The third-order valence-corrected chi connectivity index (χ3v) is 4.40. The molecule has 0 saturated carbocycles. The second-order valence-corrected chi connectivity index (χ2v) is 7.36. The van der Waals surface area contributed by atoms with E-state index in [-0.39, 0.29) is 27.7 Å². The van der Waals surface area contributed by atoms with Crippen molar-refractivity contribution in [1.29, 1.82) is 21.0 Å². The van der Waals surface area contributed by atoms with E-state index in [0.717, 1.165) is 5.56 Å². The summed E-state index contributed by atoms with van der Waals surface area (Å²) < 4.78 is 0. The van der Waals surface area contributed by atoms with Crippen LogP contribution in [0.2, 0.25) is 0 Å². The van der Waals surface area contributed by atoms with Gasteiger partial charge in [-0.2, -0.15) is 21.0 Å². The molecule has 0 N–H and O–H groups in total. The summed E-state index contributed by atoms with van der Waals surface area (Å²) in [6, 6.07) is 15.1. The van der Waals surface area contributed by atoms with Gasteiger partial charge in [-0.3, -0.25) is 0 Å². The predicted molar refractivity (Wildman–Crippen MR) is 110 cm³/mol. The second kappa shape index (κ2) is 9.07. The Kier molecular flexibility index (Phi) is 6.57. The van der Waals surface area contributed by atoms with Crippen LogP contribution < -0.4 is 0 Å². The maximum absolute atomic E-state index is 9.42. The van der Waals surface area contributed by atoms with Gasteiger partial charge in [-0.05, 0) is 23.1 Å². The Labute approximate surface area is 171 Å². The Bertz CT molecular complexity index is 1110. The van der Waals surface area contributed by atoms with Gasteiger partial charge in [-0.25, -0.2) is 0 Å². The van der Waals surface area contributed by atoms with Crippen molar-refractivity contribution in [1.82, 2.24) is 0 Å². The first-order valence-electron chi connectivity index (χ1n) is 8.92. The van der Waals surface area contributed by atoms with E-state index in [9.17, 15) is 21.0 Å². The molecule has 0 bridgehead atoms. The first-order chi connectivity index (χ1) is 13.8. The van der Waals surface area contributed by atoms with Crippen molar-refractivity contribution in [3.8, 4) is 36.1 Å². The number of hydrogen-bond acceptors (Lipinski definition) is 4. The van der Waals surface area contributed by atoms with E-state index in [2.05, 4.69) is 32.6 Å². The molecule has 0 saturated heterocycles. The Morgan fingerprint density at radius 3 is 1.76 bits per heavy atom. The first-order valence-corrected chi connectivity index (χ1v) is 8.92. The third kappa shape index (κ3) is 4.90. The maximum atomic E-state index is 9.42. The molecule has 138 valence electrons. The summed E-state index contributed by atoms with van der Waals surface area (Å²) in [5.74, 6) is 5.45. The highest BCUT2D eigenvalue weighted by molar-refractivity contribution is 5.66. The topological polar surface area (TPSA) is 95.2 Å². The Balaban J connectivity index is 2.65. The van der Waals surface area contributed by atoms with Gasteiger partial charge in [0, 0.05) is 17.1 Å². The molecule has 2 rings (SSSR count). The molecule has 0 unspecified atom stereocenters. The largest absolute Gasteiger partial charge is 0.192 e. The van der Waals surface area contributed by atoms with E-state index < -0.39 is 5.92 Å². The lowest BCUT2D eigenvalue weighted by atomic mass is 9.86. The van der Waals surface area contributed by atoms with Gasteiger partial charge in [-0.1, -0.05) is 69.0 Å². The van der Waals surface area contributed by atoms with Crippen LogP contribution in [-0.4, -0.2) is 0 Å². The van der Waals surface area contributed by atoms with Crippen LogP contribution in [0.1, 0.15) is 31.9 Å². The molecule has 1 aliphatic carbocycles.